The number of aromatic nitrogens is 3. The largest absolute Gasteiger partial charge is 0.465 e. The lowest BCUT2D eigenvalue weighted by Crippen LogP contribution is -2.31. The first-order valence-corrected chi connectivity index (χ1v) is 6.94. The molecule has 2 aromatic heterocycles. The van der Waals surface area contributed by atoms with Crippen molar-refractivity contribution in [1.29, 1.82) is 0 Å². The molecule has 0 unspecified atom stereocenters. The average Bonchev–Trinajstić information content (AvgIpc) is 2.97. The van der Waals surface area contributed by atoms with Crippen LogP contribution in [0.2, 0.25) is 0 Å². The smallest absolute Gasteiger partial charge is 0.317 e. The number of hydrogen-bond donors (Lipinski definition) is 0. The van der Waals surface area contributed by atoms with E-state index >= 15 is 0 Å². The van der Waals surface area contributed by atoms with E-state index in [4.69, 9.17) is 4.74 Å². The number of imidazole rings is 1. The number of rotatable bonds is 4. The van der Waals surface area contributed by atoms with Crippen molar-refractivity contribution in [2.24, 2.45) is 7.05 Å². The Bertz CT molecular complexity index is 586. The second-order valence-corrected chi connectivity index (χ2v) is 5.63. The van der Waals surface area contributed by atoms with Gasteiger partial charge in [-0.25, -0.2) is 9.97 Å². The van der Waals surface area contributed by atoms with Crippen molar-refractivity contribution in [3.8, 4) is 10.7 Å². The van der Waals surface area contributed by atoms with Crippen LogP contribution in [-0.2, 0) is 22.0 Å². The van der Waals surface area contributed by atoms with Gasteiger partial charge in [0.25, 0.3) is 0 Å². The van der Waals surface area contributed by atoms with E-state index in [-0.39, 0.29) is 5.97 Å². The van der Waals surface area contributed by atoms with Crippen molar-refractivity contribution < 1.29 is 9.53 Å². The Morgan fingerprint density at radius 1 is 1.53 bits per heavy atom. The van der Waals surface area contributed by atoms with Gasteiger partial charge in [0.05, 0.1) is 30.5 Å². The standard InChI is InChI=1S/C13H17N3O2S/c1-5-18-12(17)13(2,3)10-7-19-11(15-10)9-6-14-8-16(9)4/h6-8H,5H2,1-4H3. The number of esters is 1. The highest BCUT2D eigenvalue weighted by atomic mass is 32.1. The third kappa shape index (κ3) is 2.53. The Labute approximate surface area is 116 Å². The fourth-order valence-corrected chi connectivity index (χ4v) is 2.70. The van der Waals surface area contributed by atoms with Crippen LogP contribution in [0.25, 0.3) is 10.7 Å². The first kappa shape index (κ1) is 13.7. The van der Waals surface area contributed by atoms with Gasteiger partial charge in [-0.05, 0) is 20.8 Å². The van der Waals surface area contributed by atoms with Crippen molar-refractivity contribution in [3.63, 3.8) is 0 Å². The molecule has 0 aliphatic heterocycles. The lowest BCUT2D eigenvalue weighted by molar-refractivity contribution is -0.148. The summed E-state index contributed by atoms with van der Waals surface area (Å²) in [6, 6.07) is 0. The number of carbonyl (C=O) groups is 1. The average molecular weight is 279 g/mol. The summed E-state index contributed by atoms with van der Waals surface area (Å²) in [5.41, 5.74) is 0.937. The SMILES string of the molecule is CCOC(=O)C(C)(C)c1csc(-c2cncn2C)n1. The molecule has 0 radical (unpaired) electrons. The van der Waals surface area contributed by atoms with E-state index in [0.29, 0.717) is 6.61 Å². The molecule has 6 heteroatoms. The van der Waals surface area contributed by atoms with Crippen LogP contribution in [0.3, 0.4) is 0 Å². The molecular weight excluding hydrogens is 262 g/mol. The van der Waals surface area contributed by atoms with Gasteiger partial charge in [-0.15, -0.1) is 11.3 Å². The van der Waals surface area contributed by atoms with E-state index in [1.807, 2.05) is 30.8 Å². The Morgan fingerprint density at radius 2 is 2.26 bits per heavy atom. The third-order valence-corrected chi connectivity index (χ3v) is 3.83. The Kier molecular flexibility index (Phi) is 3.71. The monoisotopic (exact) mass is 279 g/mol. The molecule has 0 amide bonds. The zero-order chi connectivity index (χ0) is 14.0. The number of carbonyl (C=O) groups excluding carboxylic acids is 1. The number of hydrogen-bond acceptors (Lipinski definition) is 5. The van der Waals surface area contributed by atoms with Crippen molar-refractivity contribution in [3.05, 3.63) is 23.6 Å². The third-order valence-electron chi connectivity index (χ3n) is 2.97. The summed E-state index contributed by atoms with van der Waals surface area (Å²) >= 11 is 1.50. The summed E-state index contributed by atoms with van der Waals surface area (Å²) in [5, 5.41) is 2.76. The van der Waals surface area contributed by atoms with Crippen LogP contribution in [0.15, 0.2) is 17.9 Å². The van der Waals surface area contributed by atoms with Crippen LogP contribution in [0.4, 0.5) is 0 Å². The summed E-state index contributed by atoms with van der Waals surface area (Å²) in [4.78, 5) is 20.6. The van der Waals surface area contributed by atoms with Gasteiger partial charge in [-0.2, -0.15) is 0 Å². The molecule has 2 heterocycles. The van der Waals surface area contributed by atoms with Gasteiger partial charge in [0.1, 0.15) is 10.4 Å². The lowest BCUT2D eigenvalue weighted by atomic mass is 9.90. The molecule has 0 atom stereocenters. The minimum absolute atomic E-state index is 0.253. The summed E-state index contributed by atoms with van der Waals surface area (Å²) < 4.78 is 7.00. The fourth-order valence-electron chi connectivity index (χ4n) is 1.66. The molecule has 0 fully saturated rings. The molecular formula is C13H17N3O2S. The molecule has 5 nitrogen and oxygen atoms in total. The summed E-state index contributed by atoms with van der Waals surface area (Å²) in [6.45, 7) is 5.83. The molecule has 2 aromatic rings. The molecule has 19 heavy (non-hydrogen) atoms. The highest BCUT2D eigenvalue weighted by molar-refractivity contribution is 7.13. The van der Waals surface area contributed by atoms with Gasteiger partial charge in [-0.1, -0.05) is 0 Å². The first-order chi connectivity index (χ1) is 8.96. The Morgan fingerprint density at radius 3 is 2.84 bits per heavy atom. The van der Waals surface area contributed by atoms with Gasteiger partial charge < -0.3 is 9.30 Å². The predicted octanol–water partition coefficient (Wildman–Crippen LogP) is 2.38. The molecule has 0 saturated heterocycles. The highest BCUT2D eigenvalue weighted by Crippen LogP contribution is 2.30. The van der Waals surface area contributed by atoms with E-state index in [1.54, 1.807) is 19.4 Å². The first-order valence-electron chi connectivity index (χ1n) is 6.06. The second kappa shape index (κ2) is 5.13. The van der Waals surface area contributed by atoms with E-state index < -0.39 is 5.41 Å². The molecule has 0 bridgehead atoms. The summed E-state index contributed by atoms with van der Waals surface area (Å²) in [5.74, 6) is -0.253. The quantitative estimate of drug-likeness (QED) is 0.806. The van der Waals surface area contributed by atoms with Crippen LogP contribution in [0, 0.1) is 0 Å². The predicted molar refractivity (Wildman–Crippen MR) is 74.0 cm³/mol. The van der Waals surface area contributed by atoms with Gasteiger partial charge in [-0.3, -0.25) is 4.79 Å². The van der Waals surface area contributed by atoms with Crippen molar-refractivity contribution in [1.82, 2.24) is 14.5 Å². The van der Waals surface area contributed by atoms with E-state index in [9.17, 15) is 4.79 Å². The minimum atomic E-state index is -0.733. The van der Waals surface area contributed by atoms with E-state index in [1.165, 1.54) is 11.3 Å². The maximum Gasteiger partial charge on any atom is 0.317 e. The van der Waals surface area contributed by atoms with Crippen LogP contribution in [0.5, 0.6) is 0 Å². The lowest BCUT2D eigenvalue weighted by Gasteiger charge is -2.19. The maximum atomic E-state index is 12.0. The Hall–Kier alpha value is -1.69. The van der Waals surface area contributed by atoms with Crippen molar-refractivity contribution in [2.75, 3.05) is 6.61 Å². The molecule has 0 aliphatic carbocycles. The molecule has 0 aromatic carbocycles. The molecule has 102 valence electrons. The second-order valence-electron chi connectivity index (χ2n) is 4.77. The van der Waals surface area contributed by atoms with Gasteiger partial charge >= 0.3 is 5.97 Å². The Balaban J connectivity index is 2.31. The number of nitrogens with zero attached hydrogens (tertiary/aromatic N) is 3. The van der Waals surface area contributed by atoms with Crippen LogP contribution < -0.4 is 0 Å². The normalized spacial score (nSPS) is 11.6. The highest BCUT2D eigenvalue weighted by Gasteiger charge is 2.34. The van der Waals surface area contributed by atoms with Crippen molar-refractivity contribution >= 4 is 17.3 Å². The molecule has 2 rings (SSSR count). The van der Waals surface area contributed by atoms with E-state index in [0.717, 1.165) is 16.4 Å². The number of ether oxygens (including phenoxy) is 1. The van der Waals surface area contributed by atoms with Crippen LogP contribution in [-0.4, -0.2) is 27.1 Å². The molecule has 0 saturated carbocycles. The van der Waals surface area contributed by atoms with Crippen LogP contribution >= 0.6 is 11.3 Å². The number of thiazole rings is 1. The molecule has 0 spiro atoms. The van der Waals surface area contributed by atoms with Gasteiger partial charge in [0.15, 0.2) is 0 Å². The maximum absolute atomic E-state index is 12.0. The minimum Gasteiger partial charge on any atom is -0.465 e. The zero-order valence-corrected chi connectivity index (χ0v) is 12.3. The molecule has 0 aliphatic rings. The van der Waals surface area contributed by atoms with Gasteiger partial charge in [0, 0.05) is 12.4 Å². The van der Waals surface area contributed by atoms with Crippen LogP contribution in [0.1, 0.15) is 26.5 Å². The number of aryl methyl sites for hydroxylation is 1. The zero-order valence-electron chi connectivity index (χ0n) is 11.5. The fraction of sp³-hybridized carbons (Fsp3) is 0.462. The summed E-state index contributed by atoms with van der Waals surface area (Å²) in [7, 11) is 1.92. The summed E-state index contributed by atoms with van der Waals surface area (Å²) in [6.07, 6.45) is 3.49. The topological polar surface area (TPSA) is 57.0 Å². The van der Waals surface area contributed by atoms with E-state index in [2.05, 4.69) is 9.97 Å². The molecule has 0 N–H and O–H groups in total. The van der Waals surface area contributed by atoms with Crippen molar-refractivity contribution in [2.45, 2.75) is 26.2 Å². The van der Waals surface area contributed by atoms with Gasteiger partial charge in [0.2, 0.25) is 0 Å².